The SMILES string of the molecule is COCCNC(=O)C(C)N1CCC(C#N)(SC)CC1. The molecule has 0 aliphatic carbocycles. The highest BCUT2D eigenvalue weighted by molar-refractivity contribution is 8.00. The molecule has 19 heavy (non-hydrogen) atoms. The molecule has 1 rings (SSSR count). The maximum absolute atomic E-state index is 11.9. The molecule has 6 heteroatoms. The lowest BCUT2D eigenvalue weighted by atomic mass is 9.96. The molecule has 1 amide bonds. The number of likely N-dealkylation sites (tertiary alicyclic amines) is 1. The summed E-state index contributed by atoms with van der Waals surface area (Å²) in [5.41, 5.74) is 0. The topological polar surface area (TPSA) is 65.4 Å². The number of hydrogen-bond acceptors (Lipinski definition) is 5. The van der Waals surface area contributed by atoms with E-state index >= 15 is 0 Å². The van der Waals surface area contributed by atoms with Gasteiger partial charge in [0.05, 0.1) is 18.7 Å². The molecule has 108 valence electrons. The second kappa shape index (κ2) is 7.73. The van der Waals surface area contributed by atoms with Crippen molar-refractivity contribution in [2.24, 2.45) is 0 Å². The summed E-state index contributed by atoms with van der Waals surface area (Å²) in [6, 6.07) is 2.27. The van der Waals surface area contributed by atoms with E-state index in [1.807, 2.05) is 13.2 Å². The van der Waals surface area contributed by atoms with E-state index in [1.165, 1.54) is 0 Å². The summed E-state index contributed by atoms with van der Waals surface area (Å²) < 4.78 is 4.65. The fourth-order valence-electron chi connectivity index (χ4n) is 2.22. The Morgan fingerprint density at radius 1 is 1.58 bits per heavy atom. The number of carbonyl (C=O) groups is 1. The molecular weight excluding hydrogens is 262 g/mol. The second-order valence-electron chi connectivity index (χ2n) is 4.81. The van der Waals surface area contributed by atoms with Gasteiger partial charge in [-0.25, -0.2) is 0 Å². The Balaban J connectivity index is 2.42. The average Bonchev–Trinajstić information content (AvgIpc) is 2.46. The summed E-state index contributed by atoms with van der Waals surface area (Å²) in [6.45, 7) is 4.59. The normalized spacial score (nSPS) is 20.5. The lowest BCUT2D eigenvalue weighted by Crippen LogP contribution is -2.51. The van der Waals surface area contributed by atoms with Gasteiger partial charge in [-0.1, -0.05) is 0 Å². The molecule has 1 atom stereocenters. The zero-order valence-corrected chi connectivity index (χ0v) is 12.8. The van der Waals surface area contributed by atoms with Crippen molar-refractivity contribution < 1.29 is 9.53 Å². The van der Waals surface area contributed by atoms with Gasteiger partial charge in [0.15, 0.2) is 0 Å². The van der Waals surface area contributed by atoms with Crippen molar-refractivity contribution in [2.75, 3.05) is 39.6 Å². The van der Waals surface area contributed by atoms with Crippen LogP contribution in [-0.4, -0.2) is 61.2 Å². The smallest absolute Gasteiger partial charge is 0.237 e. The summed E-state index contributed by atoms with van der Waals surface area (Å²) in [5.74, 6) is 0.0330. The van der Waals surface area contributed by atoms with Crippen LogP contribution in [0.25, 0.3) is 0 Å². The van der Waals surface area contributed by atoms with Crippen LogP contribution in [0.1, 0.15) is 19.8 Å². The number of ether oxygens (including phenoxy) is 1. The average molecular weight is 285 g/mol. The Morgan fingerprint density at radius 3 is 2.68 bits per heavy atom. The first kappa shape index (κ1) is 16.3. The van der Waals surface area contributed by atoms with Gasteiger partial charge in [0, 0.05) is 26.7 Å². The number of piperidine rings is 1. The molecule has 1 aliphatic rings. The minimum absolute atomic E-state index is 0.0330. The molecule has 0 bridgehead atoms. The van der Waals surface area contributed by atoms with Crippen molar-refractivity contribution in [1.82, 2.24) is 10.2 Å². The third-order valence-electron chi connectivity index (χ3n) is 3.73. The molecule has 5 nitrogen and oxygen atoms in total. The molecule has 0 spiro atoms. The van der Waals surface area contributed by atoms with E-state index in [9.17, 15) is 10.1 Å². The first-order valence-corrected chi connectivity index (χ1v) is 7.78. The maximum atomic E-state index is 11.9. The second-order valence-corrected chi connectivity index (χ2v) is 6.00. The molecule has 0 saturated carbocycles. The van der Waals surface area contributed by atoms with E-state index in [-0.39, 0.29) is 16.7 Å². The van der Waals surface area contributed by atoms with Gasteiger partial charge in [-0.15, -0.1) is 11.8 Å². The quantitative estimate of drug-likeness (QED) is 0.733. The van der Waals surface area contributed by atoms with Gasteiger partial charge in [-0.3, -0.25) is 9.69 Å². The van der Waals surface area contributed by atoms with Crippen molar-refractivity contribution in [1.29, 1.82) is 5.26 Å². The van der Waals surface area contributed by atoms with E-state index < -0.39 is 0 Å². The number of methoxy groups -OCH3 is 1. The summed E-state index contributed by atoms with van der Waals surface area (Å²) in [6.07, 6.45) is 3.63. The number of carbonyl (C=O) groups excluding carboxylic acids is 1. The first-order valence-electron chi connectivity index (χ1n) is 6.55. The molecule has 0 aromatic heterocycles. The molecule has 1 N–H and O–H groups in total. The fourth-order valence-corrected chi connectivity index (χ4v) is 2.91. The molecule has 1 unspecified atom stereocenters. The van der Waals surface area contributed by atoms with Gasteiger partial charge >= 0.3 is 0 Å². The van der Waals surface area contributed by atoms with Crippen LogP contribution in [0, 0.1) is 11.3 Å². The number of hydrogen-bond donors (Lipinski definition) is 1. The molecule has 0 aromatic rings. The van der Waals surface area contributed by atoms with E-state index in [0.29, 0.717) is 13.2 Å². The Kier molecular flexibility index (Phi) is 6.63. The lowest BCUT2D eigenvalue weighted by molar-refractivity contribution is -0.126. The summed E-state index contributed by atoms with van der Waals surface area (Å²) in [5, 5.41) is 12.1. The Morgan fingerprint density at radius 2 is 2.21 bits per heavy atom. The van der Waals surface area contributed by atoms with E-state index in [4.69, 9.17) is 4.74 Å². The zero-order valence-electron chi connectivity index (χ0n) is 11.9. The number of nitrogens with one attached hydrogen (secondary N) is 1. The number of nitrogens with zero attached hydrogens (tertiary/aromatic N) is 2. The van der Waals surface area contributed by atoms with E-state index in [0.717, 1.165) is 25.9 Å². The first-order chi connectivity index (χ1) is 9.08. The van der Waals surface area contributed by atoms with Gasteiger partial charge in [-0.05, 0) is 26.0 Å². The fraction of sp³-hybridized carbons (Fsp3) is 0.846. The Hall–Kier alpha value is -0.770. The number of rotatable bonds is 6. The standard InChI is InChI=1S/C13H23N3O2S/c1-11(12(17)15-6-9-18-2)16-7-4-13(10-14,19-3)5-8-16/h11H,4-9H2,1-3H3,(H,15,17). The molecule has 1 fully saturated rings. The van der Waals surface area contributed by atoms with Crippen LogP contribution >= 0.6 is 11.8 Å². The van der Waals surface area contributed by atoms with Crippen molar-refractivity contribution in [3.63, 3.8) is 0 Å². The molecule has 0 aromatic carbocycles. The predicted octanol–water partition coefficient (Wildman–Crippen LogP) is 0.859. The van der Waals surface area contributed by atoms with Crippen molar-refractivity contribution in [3.8, 4) is 6.07 Å². The lowest BCUT2D eigenvalue weighted by Gasteiger charge is -2.38. The third-order valence-corrected chi connectivity index (χ3v) is 5.01. The maximum Gasteiger partial charge on any atom is 0.237 e. The van der Waals surface area contributed by atoms with Gasteiger partial charge in [0.2, 0.25) is 5.91 Å². The van der Waals surface area contributed by atoms with E-state index in [1.54, 1.807) is 18.9 Å². The van der Waals surface area contributed by atoms with Gasteiger partial charge in [0.1, 0.15) is 4.75 Å². The number of amides is 1. The largest absolute Gasteiger partial charge is 0.383 e. The van der Waals surface area contributed by atoms with Crippen molar-refractivity contribution in [3.05, 3.63) is 0 Å². The van der Waals surface area contributed by atoms with Crippen molar-refractivity contribution >= 4 is 17.7 Å². The van der Waals surface area contributed by atoms with Crippen LogP contribution < -0.4 is 5.32 Å². The molecule has 1 saturated heterocycles. The Labute approximate surface area is 119 Å². The zero-order chi connectivity index (χ0) is 14.3. The molecular formula is C13H23N3O2S. The van der Waals surface area contributed by atoms with Gasteiger partial charge in [-0.2, -0.15) is 5.26 Å². The van der Waals surface area contributed by atoms with Crippen molar-refractivity contribution in [2.45, 2.75) is 30.6 Å². The minimum Gasteiger partial charge on any atom is -0.383 e. The summed E-state index contributed by atoms with van der Waals surface area (Å²) in [4.78, 5) is 14.1. The highest BCUT2D eigenvalue weighted by Crippen LogP contribution is 2.34. The monoisotopic (exact) mass is 285 g/mol. The van der Waals surface area contributed by atoms with Crippen LogP contribution in [0.2, 0.25) is 0 Å². The minimum atomic E-state index is -0.261. The van der Waals surface area contributed by atoms with Crippen LogP contribution in [0.5, 0.6) is 0 Å². The van der Waals surface area contributed by atoms with E-state index in [2.05, 4.69) is 16.3 Å². The number of thioether (sulfide) groups is 1. The van der Waals surface area contributed by atoms with Crippen LogP contribution in [-0.2, 0) is 9.53 Å². The number of nitriles is 1. The highest BCUT2D eigenvalue weighted by atomic mass is 32.2. The summed E-state index contributed by atoms with van der Waals surface area (Å²) in [7, 11) is 1.62. The Bertz CT molecular complexity index is 335. The third kappa shape index (κ3) is 4.37. The molecule has 1 aliphatic heterocycles. The van der Waals surface area contributed by atoms with Crippen LogP contribution in [0.4, 0.5) is 0 Å². The van der Waals surface area contributed by atoms with Crippen LogP contribution in [0.15, 0.2) is 0 Å². The highest BCUT2D eigenvalue weighted by Gasteiger charge is 2.36. The molecule has 1 heterocycles. The predicted molar refractivity (Wildman–Crippen MR) is 77.0 cm³/mol. The summed E-state index contributed by atoms with van der Waals surface area (Å²) >= 11 is 1.63. The van der Waals surface area contributed by atoms with Gasteiger partial charge < -0.3 is 10.1 Å². The van der Waals surface area contributed by atoms with Crippen LogP contribution in [0.3, 0.4) is 0 Å². The van der Waals surface area contributed by atoms with Gasteiger partial charge in [0.25, 0.3) is 0 Å². The molecule has 0 radical (unpaired) electrons.